The van der Waals surface area contributed by atoms with E-state index in [1.54, 1.807) is 0 Å². The van der Waals surface area contributed by atoms with Gasteiger partial charge in [-0.3, -0.25) is 4.98 Å². The Hall–Kier alpha value is -7.43. The van der Waals surface area contributed by atoms with Crippen LogP contribution in [0.1, 0.15) is 0 Å². The molecule has 0 aliphatic carbocycles. The van der Waals surface area contributed by atoms with Gasteiger partial charge in [0.1, 0.15) is 0 Å². The summed E-state index contributed by atoms with van der Waals surface area (Å²) < 4.78 is 0. The van der Waals surface area contributed by atoms with Crippen LogP contribution in [0.5, 0.6) is 0 Å². The number of pyridine rings is 3. The third-order valence-electron chi connectivity index (χ3n) is 10.2. The van der Waals surface area contributed by atoms with Gasteiger partial charge in [-0.25, -0.2) is 9.97 Å². The lowest BCUT2D eigenvalue weighted by Gasteiger charge is -2.27. The third kappa shape index (κ3) is 5.96. The molecule has 0 radical (unpaired) electrons. The van der Waals surface area contributed by atoms with Gasteiger partial charge in [0.2, 0.25) is 0 Å². The van der Waals surface area contributed by atoms with Crippen molar-refractivity contribution in [3.63, 3.8) is 0 Å². The van der Waals surface area contributed by atoms with E-state index in [2.05, 4.69) is 199 Å². The summed E-state index contributed by atoms with van der Waals surface area (Å²) in [6.07, 6.45) is 2.00. The second-order valence-corrected chi connectivity index (χ2v) is 13.6. The Kier molecular flexibility index (Phi) is 8.12. The Labute approximate surface area is 319 Å². The lowest BCUT2D eigenvalue weighted by atomic mass is 9.95. The van der Waals surface area contributed by atoms with E-state index in [0.717, 1.165) is 94.5 Å². The van der Waals surface area contributed by atoms with Crippen LogP contribution in [0.15, 0.2) is 206 Å². The third-order valence-corrected chi connectivity index (χ3v) is 10.2. The van der Waals surface area contributed by atoms with E-state index < -0.39 is 0 Å². The smallest absolute Gasteiger partial charge is 0.0804 e. The predicted octanol–water partition coefficient (Wildman–Crippen LogP) is 13.5. The molecule has 0 saturated heterocycles. The molecule has 0 bridgehead atoms. The van der Waals surface area contributed by atoms with Crippen molar-refractivity contribution < 1.29 is 0 Å². The highest BCUT2D eigenvalue weighted by atomic mass is 15.1. The number of fused-ring (bicyclic) bond motifs is 5. The first-order valence-electron chi connectivity index (χ1n) is 18.5. The van der Waals surface area contributed by atoms with E-state index in [9.17, 15) is 0 Å². The van der Waals surface area contributed by atoms with Gasteiger partial charge < -0.3 is 4.90 Å². The molecule has 258 valence electrons. The summed E-state index contributed by atoms with van der Waals surface area (Å²) in [6.45, 7) is 0. The van der Waals surface area contributed by atoms with E-state index in [1.807, 2.05) is 12.3 Å². The van der Waals surface area contributed by atoms with Crippen molar-refractivity contribution in [2.75, 3.05) is 4.90 Å². The van der Waals surface area contributed by atoms with Crippen molar-refractivity contribution in [2.45, 2.75) is 0 Å². The summed E-state index contributed by atoms with van der Waals surface area (Å²) in [6, 6.07) is 69.9. The first-order chi connectivity index (χ1) is 27.3. The van der Waals surface area contributed by atoms with Gasteiger partial charge in [-0.1, -0.05) is 140 Å². The summed E-state index contributed by atoms with van der Waals surface area (Å²) in [5.41, 5.74) is 13.1. The lowest BCUT2D eigenvalue weighted by Crippen LogP contribution is -2.10. The minimum absolute atomic E-state index is 0.883. The zero-order valence-electron chi connectivity index (χ0n) is 29.9. The standard InChI is InChI=1S/C51H34N4/c1-5-17-35(18-6-1)39-32-46(36-19-7-2-8-20-36)53-47(33-39)37-21-15-22-38(31-37)51-43-34-52-44-28-14-13-27-42(44)49(43)50-45(54-51)29-16-30-48(50)55(40-23-9-3-10-24-40)41-25-11-4-12-26-41/h1-34H. The molecule has 0 unspecified atom stereocenters. The molecule has 0 N–H and O–H groups in total. The van der Waals surface area contributed by atoms with Crippen molar-refractivity contribution >= 4 is 49.6 Å². The molecule has 0 saturated carbocycles. The number of nitrogens with zero attached hydrogens (tertiary/aromatic N) is 4. The lowest BCUT2D eigenvalue weighted by molar-refractivity contribution is 1.29. The van der Waals surface area contributed by atoms with Crippen molar-refractivity contribution in [2.24, 2.45) is 0 Å². The van der Waals surface area contributed by atoms with Crippen LogP contribution in [0.3, 0.4) is 0 Å². The second kappa shape index (κ2) is 13.8. The van der Waals surface area contributed by atoms with E-state index >= 15 is 0 Å². The monoisotopic (exact) mass is 702 g/mol. The van der Waals surface area contributed by atoms with E-state index in [0.29, 0.717) is 0 Å². The molecule has 0 atom stereocenters. The Morgan fingerprint density at radius 2 is 0.891 bits per heavy atom. The second-order valence-electron chi connectivity index (χ2n) is 13.6. The highest BCUT2D eigenvalue weighted by molar-refractivity contribution is 6.25. The maximum absolute atomic E-state index is 5.49. The molecule has 3 aromatic heterocycles. The average molecular weight is 703 g/mol. The van der Waals surface area contributed by atoms with Crippen LogP contribution >= 0.6 is 0 Å². The SMILES string of the molecule is c1ccc(-c2cc(-c3ccccc3)nc(-c3cccc(-c4nc5cccc(N(c6ccccc6)c6ccccc6)c5c5c4cnc4ccccc45)c3)c2)cc1. The number of aromatic nitrogens is 3. The van der Waals surface area contributed by atoms with Crippen LogP contribution < -0.4 is 4.90 Å². The predicted molar refractivity (Wildman–Crippen MR) is 229 cm³/mol. The maximum atomic E-state index is 5.49. The first kappa shape index (κ1) is 32.2. The fraction of sp³-hybridized carbons (Fsp3) is 0. The van der Waals surface area contributed by atoms with Gasteiger partial charge in [-0.15, -0.1) is 0 Å². The normalized spacial score (nSPS) is 11.3. The molecule has 0 aliphatic heterocycles. The molecule has 3 heterocycles. The molecule has 0 spiro atoms. The quantitative estimate of drug-likeness (QED) is 0.155. The zero-order valence-corrected chi connectivity index (χ0v) is 29.9. The van der Waals surface area contributed by atoms with Gasteiger partial charge in [0.05, 0.1) is 33.8 Å². The van der Waals surface area contributed by atoms with E-state index in [1.165, 1.54) is 0 Å². The molecule has 4 nitrogen and oxygen atoms in total. The summed E-state index contributed by atoms with van der Waals surface area (Å²) in [5, 5.41) is 4.28. The van der Waals surface area contributed by atoms with Crippen LogP contribution in [-0.2, 0) is 0 Å². The number of anilines is 3. The van der Waals surface area contributed by atoms with Crippen LogP contribution in [0, 0.1) is 0 Å². The molecular weight excluding hydrogens is 669 g/mol. The van der Waals surface area contributed by atoms with Crippen molar-refractivity contribution in [1.29, 1.82) is 0 Å². The van der Waals surface area contributed by atoms with Gasteiger partial charge in [0, 0.05) is 55.8 Å². The van der Waals surface area contributed by atoms with E-state index in [-0.39, 0.29) is 0 Å². The molecule has 0 aliphatic rings. The van der Waals surface area contributed by atoms with Gasteiger partial charge >= 0.3 is 0 Å². The Morgan fingerprint density at radius 1 is 0.345 bits per heavy atom. The fourth-order valence-corrected chi connectivity index (χ4v) is 7.69. The molecule has 10 rings (SSSR count). The number of rotatable bonds is 7. The molecule has 0 fully saturated rings. The van der Waals surface area contributed by atoms with E-state index in [4.69, 9.17) is 15.0 Å². The van der Waals surface area contributed by atoms with Gasteiger partial charge in [0.25, 0.3) is 0 Å². The van der Waals surface area contributed by atoms with Crippen molar-refractivity contribution in [3.8, 4) is 44.9 Å². The molecule has 10 aromatic rings. The zero-order chi connectivity index (χ0) is 36.6. The summed E-state index contributed by atoms with van der Waals surface area (Å²) in [4.78, 5) is 18.1. The number of hydrogen-bond donors (Lipinski definition) is 0. The molecule has 0 amide bonds. The van der Waals surface area contributed by atoms with Gasteiger partial charge in [-0.2, -0.15) is 0 Å². The van der Waals surface area contributed by atoms with Crippen LogP contribution in [0.4, 0.5) is 17.1 Å². The highest BCUT2D eigenvalue weighted by Gasteiger charge is 2.21. The molecule has 55 heavy (non-hydrogen) atoms. The summed E-state index contributed by atoms with van der Waals surface area (Å²) in [7, 11) is 0. The van der Waals surface area contributed by atoms with Gasteiger partial charge in [0.15, 0.2) is 0 Å². The molecule has 7 aromatic carbocycles. The number of benzene rings is 7. The highest BCUT2D eigenvalue weighted by Crippen LogP contribution is 2.45. The summed E-state index contributed by atoms with van der Waals surface area (Å²) in [5.74, 6) is 0. The minimum atomic E-state index is 0.883. The fourth-order valence-electron chi connectivity index (χ4n) is 7.69. The first-order valence-corrected chi connectivity index (χ1v) is 18.5. The largest absolute Gasteiger partial charge is 0.310 e. The van der Waals surface area contributed by atoms with Gasteiger partial charge in [-0.05, 0) is 71.8 Å². The summed E-state index contributed by atoms with van der Waals surface area (Å²) >= 11 is 0. The number of para-hydroxylation sites is 3. The van der Waals surface area contributed by atoms with Crippen LogP contribution in [-0.4, -0.2) is 15.0 Å². The van der Waals surface area contributed by atoms with Crippen molar-refractivity contribution in [3.05, 3.63) is 206 Å². The molecular formula is C51H34N4. The Balaban J connectivity index is 1.21. The van der Waals surface area contributed by atoms with Crippen LogP contribution in [0.25, 0.3) is 77.5 Å². The minimum Gasteiger partial charge on any atom is -0.310 e. The topological polar surface area (TPSA) is 41.9 Å². The average Bonchev–Trinajstić information content (AvgIpc) is 3.27. The number of hydrogen-bond acceptors (Lipinski definition) is 4. The van der Waals surface area contributed by atoms with Crippen molar-refractivity contribution in [1.82, 2.24) is 15.0 Å². The Bertz CT molecular complexity index is 2870. The Morgan fingerprint density at radius 3 is 1.60 bits per heavy atom. The molecule has 4 heteroatoms. The maximum Gasteiger partial charge on any atom is 0.0804 e. The van der Waals surface area contributed by atoms with Crippen LogP contribution in [0.2, 0.25) is 0 Å².